The van der Waals surface area contributed by atoms with Crippen molar-refractivity contribution in [2.24, 2.45) is 0 Å². The Labute approximate surface area is 113 Å². The van der Waals surface area contributed by atoms with Crippen molar-refractivity contribution in [1.82, 2.24) is 9.47 Å². The largest absolute Gasteiger partial charge is 0.340 e. The molecule has 2 heterocycles. The van der Waals surface area contributed by atoms with E-state index in [2.05, 4.69) is 37.5 Å². The highest BCUT2D eigenvalue weighted by atomic mass is 16.2. The smallest absolute Gasteiger partial charge is 0.270 e. The molecule has 0 unspecified atom stereocenters. The van der Waals surface area contributed by atoms with Crippen LogP contribution in [0.25, 0.3) is 10.9 Å². The monoisotopic (exact) mass is 256 g/mol. The second-order valence-electron chi connectivity index (χ2n) is 5.45. The zero-order valence-electron chi connectivity index (χ0n) is 12.1. The van der Waals surface area contributed by atoms with Crippen LogP contribution in [0.5, 0.6) is 0 Å². The maximum atomic E-state index is 12.5. The molecule has 0 spiro atoms. The Kier molecular flexibility index (Phi) is 2.66. The number of carbonyl (C=O) groups excluding carboxylic acids is 1. The van der Waals surface area contributed by atoms with Crippen molar-refractivity contribution < 1.29 is 4.79 Å². The average Bonchev–Trinajstić information content (AvgIpc) is 2.73. The second kappa shape index (κ2) is 4.12. The van der Waals surface area contributed by atoms with E-state index in [0.717, 1.165) is 25.2 Å². The summed E-state index contributed by atoms with van der Waals surface area (Å²) in [6, 6.07) is 4.35. The first kappa shape index (κ1) is 12.3. The van der Waals surface area contributed by atoms with E-state index in [-0.39, 0.29) is 5.91 Å². The number of aryl methyl sites for hydroxylation is 3. The number of nitrogens with zero attached hydrogens (tertiary/aromatic N) is 2. The zero-order valence-corrected chi connectivity index (χ0v) is 12.1. The van der Waals surface area contributed by atoms with Crippen LogP contribution in [0, 0.1) is 13.8 Å². The van der Waals surface area contributed by atoms with Crippen LogP contribution in [-0.2, 0) is 13.0 Å². The average molecular weight is 256 g/mol. The summed E-state index contributed by atoms with van der Waals surface area (Å²) in [6.45, 7) is 8.07. The Balaban J connectivity index is 2.45. The SMILES string of the molecule is CCn1c2c(c3ccc(C)c(C)c31)CCN(C)C2=O. The maximum absolute atomic E-state index is 12.5. The predicted molar refractivity (Wildman–Crippen MR) is 77.8 cm³/mol. The lowest BCUT2D eigenvalue weighted by atomic mass is 10.0. The summed E-state index contributed by atoms with van der Waals surface area (Å²) in [7, 11) is 1.89. The van der Waals surface area contributed by atoms with Crippen molar-refractivity contribution >= 4 is 16.8 Å². The molecule has 1 amide bonds. The van der Waals surface area contributed by atoms with Crippen LogP contribution in [0.2, 0.25) is 0 Å². The van der Waals surface area contributed by atoms with Gasteiger partial charge in [-0.15, -0.1) is 0 Å². The minimum absolute atomic E-state index is 0.163. The standard InChI is InChI=1S/C16H20N2O/c1-5-18-14-11(3)10(2)6-7-12(14)13-8-9-17(4)16(19)15(13)18/h6-7H,5,8-9H2,1-4H3. The molecule has 1 aromatic carbocycles. The van der Waals surface area contributed by atoms with E-state index in [1.807, 2.05) is 11.9 Å². The Morgan fingerprint density at radius 1 is 1.26 bits per heavy atom. The molecule has 1 aliphatic heterocycles. The van der Waals surface area contributed by atoms with E-state index < -0.39 is 0 Å². The van der Waals surface area contributed by atoms with Crippen LogP contribution < -0.4 is 0 Å². The Morgan fingerprint density at radius 2 is 2.00 bits per heavy atom. The molecule has 0 aliphatic carbocycles. The number of amides is 1. The lowest BCUT2D eigenvalue weighted by Gasteiger charge is -2.24. The van der Waals surface area contributed by atoms with Crippen molar-refractivity contribution in [1.29, 1.82) is 0 Å². The van der Waals surface area contributed by atoms with Gasteiger partial charge in [0.05, 0.1) is 5.52 Å². The van der Waals surface area contributed by atoms with Crippen LogP contribution in [0.15, 0.2) is 12.1 Å². The molecule has 0 bridgehead atoms. The van der Waals surface area contributed by atoms with Crippen molar-refractivity contribution in [3.05, 3.63) is 34.5 Å². The molecule has 1 aromatic heterocycles. The van der Waals surface area contributed by atoms with Gasteiger partial charge in [0.15, 0.2) is 0 Å². The first-order valence-electron chi connectivity index (χ1n) is 6.93. The predicted octanol–water partition coefficient (Wildman–Crippen LogP) is 2.91. The molecule has 3 heteroatoms. The van der Waals surface area contributed by atoms with E-state index in [0.29, 0.717) is 0 Å². The molecule has 2 aromatic rings. The molecule has 0 fully saturated rings. The molecule has 1 aliphatic rings. The molecular weight excluding hydrogens is 236 g/mol. The molecule has 0 N–H and O–H groups in total. The first-order chi connectivity index (χ1) is 9.06. The summed E-state index contributed by atoms with van der Waals surface area (Å²) in [5.74, 6) is 0.163. The number of likely N-dealkylation sites (N-methyl/N-ethyl adjacent to an activating group) is 1. The Hall–Kier alpha value is -1.77. The molecule has 19 heavy (non-hydrogen) atoms. The van der Waals surface area contributed by atoms with Gasteiger partial charge in [-0.3, -0.25) is 4.79 Å². The van der Waals surface area contributed by atoms with Gasteiger partial charge in [-0.25, -0.2) is 0 Å². The number of hydrogen-bond donors (Lipinski definition) is 0. The molecule has 0 saturated heterocycles. The van der Waals surface area contributed by atoms with Gasteiger partial charge in [0.1, 0.15) is 5.69 Å². The highest BCUT2D eigenvalue weighted by Crippen LogP contribution is 2.33. The molecular formula is C16H20N2O. The van der Waals surface area contributed by atoms with Crippen LogP contribution >= 0.6 is 0 Å². The van der Waals surface area contributed by atoms with Gasteiger partial charge in [0.25, 0.3) is 5.91 Å². The molecule has 3 rings (SSSR count). The van der Waals surface area contributed by atoms with Gasteiger partial charge >= 0.3 is 0 Å². The van der Waals surface area contributed by atoms with E-state index in [1.54, 1.807) is 0 Å². The topological polar surface area (TPSA) is 25.2 Å². The second-order valence-corrected chi connectivity index (χ2v) is 5.45. The van der Waals surface area contributed by atoms with Crippen molar-refractivity contribution in [3.63, 3.8) is 0 Å². The van der Waals surface area contributed by atoms with Gasteiger partial charge in [-0.05, 0) is 43.9 Å². The number of rotatable bonds is 1. The number of carbonyl (C=O) groups is 1. The summed E-state index contributed by atoms with van der Waals surface area (Å²) in [5, 5.41) is 1.27. The molecule has 0 radical (unpaired) electrons. The number of hydrogen-bond acceptors (Lipinski definition) is 1. The van der Waals surface area contributed by atoms with E-state index in [4.69, 9.17) is 0 Å². The summed E-state index contributed by atoms with van der Waals surface area (Å²) < 4.78 is 2.20. The first-order valence-corrected chi connectivity index (χ1v) is 6.93. The van der Waals surface area contributed by atoms with Gasteiger partial charge in [-0.2, -0.15) is 0 Å². The van der Waals surface area contributed by atoms with Crippen LogP contribution in [0.1, 0.15) is 34.1 Å². The van der Waals surface area contributed by atoms with E-state index in [1.165, 1.54) is 27.6 Å². The van der Waals surface area contributed by atoms with Gasteiger partial charge in [-0.1, -0.05) is 12.1 Å². The lowest BCUT2D eigenvalue weighted by Crippen LogP contribution is -2.35. The van der Waals surface area contributed by atoms with Gasteiger partial charge in [0, 0.05) is 25.5 Å². The third-order valence-corrected chi connectivity index (χ3v) is 4.42. The fourth-order valence-electron chi connectivity index (χ4n) is 3.17. The fraction of sp³-hybridized carbons (Fsp3) is 0.438. The van der Waals surface area contributed by atoms with Crippen molar-refractivity contribution in [2.75, 3.05) is 13.6 Å². The number of benzene rings is 1. The van der Waals surface area contributed by atoms with Gasteiger partial charge < -0.3 is 9.47 Å². The summed E-state index contributed by atoms with van der Waals surface area (Å²) >= 11 is 0. The summed E-state index contributed by atoms with van der Waals surface area (Å²) in [5.41, 5.74) is 5.97. The fourth-order valence-corrected chi connectivity index (χ4v) is 3.17. The number of fused-ring (bicyclic) bond motifs is 3. The van der Waals surface area contributed by atoms with E-state index in [9.17, 15) is 4.79 Å². The summed E-state index contributed by atoms with van der Waals surface area (Å²) in [6.07, 6.45) is 0.962. The normalized spacial score (nSPS) is 15.2. The minimum Gasteiger partial charge on any atom is -0.340 e. The number of aromatic nitrogens is 1. The Bertz CT molecular complexity index is 682. The highest BCUT2D eigenvalue weighted by Gasteiger charge is 2.29. The van der Waals surface area contributed by atoms with Crippen LogP contribution in [0.4, 0.5) is 0 Å². The van der Waals surface area contributed by atoms with Crippen molar-refractivity contribution in [3.8, 4) is 0 Å². The summed E-state index contributed by atoms with van der Waals surface area (Å²) in [4.78, 5) is 14.3. The highest BCUT2D eigenvalue weighted by molar-refractivity contribution is 6.03. The van der Waals surface area contributed by atoms with Crippen LogP contribution in [0.3, 0.4) is 0 Å². The van der Waals surface area contributed by atoms with Crippen molar-refractivity contribution in [2.45, 2.75) is 33.7 Å². The third-order valence-electron chi connectivity index (χ3n) is 4.42. The minimum atomic E-state index is 0.163. The molecule has 0 atom stereocenters. The van der Waals surface area contributed by atoms with Gasteiger partial charge in [0.2, 0.25) is 0 Å². The zero-order chi connectivity index (χ0) is 13.7. The van der Waals surface area contributed by atoms with Crippen LogP contribution in [-0.4, -0.2) is 29.0 Å². The molecule has 3 nitrogen and oxygen atoms in total. The molecule has 0 saturated carbocycles. The lowest BCUT2D eigenvalue weighted by molar-refractivity contribution is 0.0770. The Morgan fingerprint density at radius 3 is 2.68 bits per heavy atom. The quantitative estimate of drug-likeness (QED) is 0.770. The van der Waals surface area contributed by atoms with E-state index >= 15 is 0 Å². The maximum Gasteiger partial charge on any atom is 0.270 e. The third kappa shape index (κ3) is 1.54. The molecule has 100 valence electrons.